The lowest BCUT2D eigenvalue weighted by Crippen LogP contribution is -2.52. The second-order valence-electron chi connectivity index (χ2n) is 9.41. The second-order valence-corrected chi connectivity index (χ2v) is 9.41. The van der Waals surface area contributed by atoms with Crippen molar-refractivity contribution < 1.29 is 14.4 Å². The number of anilines is 1. The Balaban J connectivity index is 0.00000231. The SMILES string of the molecule is Cl.NC1CCC([C@H](Nc2cccc3c2CN([C@@H]2CCC(=O)NC2=O)C3=O)C2CC2)CC1. The van der Waals surface area contributed by atoms with Crippen LogP contribution in [0.3, 0.4) is 0 Å². The number of rotatable bonds is 5. The van der Waals surface area contributed by atoms with Gasteiger partial charge in [-0.3, -0.25) is 19.7 Å². The molecule has 2 heterocycles. The molecule has 3 fully saturated rings. The van der Waals surface area contributed by atoms with Gasteiger partial charge in [0.1, 0.15) is 6.04 Å². The first-order chi connectivity index (χ1) is 14.5. The van der Waals surface area contributed by atoms with Crippen molar-refractivity contribution in [3.8, 4) is 0 Å². The van der Waals surface area contributed by atoms with Crippen molar-refractivity contribution in [3.05, 3.63) is 29.3 Å². The van der Waals surface area contributed by atoms with Crippen molar-refractivity contribution in [2.45, 2.75) is 76.0 Å². The number of halogens is 1. The Morgan fingerprint density at radius 3 is 2.32 bits per heavy atom. The lowest BCUT2D eigenvalue weighted by molar-refractivity contribution is -0.136. The third-order valence-corrected chi connectivity index (χ3v) is 7.36. The molecule has 2 atom stereocenters. The number of nitrogens with one attached hydrogen (secondary N) is 2. The molecule has 3 amide bonds. The first-order valence-corrected chi connectivity index (χ1v) is 11.3. The molecule has 5 rings (SSSR count). The highest BCUT2D eigenvalue weighted by atomic mass is 35.5. The smallest absolute Gasteiger partial charge is 0.255 e. The summed E-state index contributed by atoms with van der Waals surface area (Å²) in [5, 5.41) is 6.19. The largest absolute Gasteiger partial charge is 0.381 e. The fraction of sp³-hybridized carbons (Fsp3) is 0.609. The van der Waals surface area contributed by atoms with Gasteiger partial charge in [0, 0.05) is 41.9 Å². The number of nitrogens with two attached hydrogens (primary N) is 1. The standard InChI is InChI=1S/C23H30N4O3.ClH/c24-15-8-6-14(7-9-15)21(13-4-5-13)25-18-3-1-2-16-17(18)12-27(23(16)30)19-10-11-20(28)26-22(19)29;/h1-3,13-15,19,21,25H,4-12,24H2,(H,26,28,29);1H/t14?,15?,19-,21-;/m1./s1. The maximum atomic E-state index is 13.1. The molecule has 2 aliphatic heterocycles. The Hall–Kier alpha value is -2.12. The highest BCUT2D eigenvalue weighted by Gasteiger charge is 2.42. The first kappa shape index (κ1) is 22.1. The predicted octanol–water partition coefficient (Wildman–Crippen LogP) is 2.58. The third-order valence-electron chi connectivity index (χ3n) is 7.36. The van der Waals surface area contributed by atoms with Gasteiger partial charge in [-0.15, -0.1) is 12.4 Å². The monoisotopic (exact) mass is 446 g/mol. The summed E-state index contributed by atoms with van der Waals surface area (Å²) in [5.41, 5.74) is 8.78. The van der Waals surface area contributed by atoms with Crippen LogP contribution in [-0.2, 0) is 16.1 Å². The topological polar surface area (TPSA) is 105 Å². The van der Waals surface area contributed by atoms with Gasteiger partial charge in [-0.2, -0.15) is 0 Å². The number of hydrogen-bond acceptors (Lipinski definition) is 5. The number of benzene rings is 1. The zero-order valence-electron chi connectivity index (χ0n) is 17.6. The van der Waals surface area contributed by atoms with Crippen LogP contribution in [0.25, 0.3) is 0 Å². The fourth-order valence-corrected chi connectivity index (χ4v) is 5.48. The van der Waals surface area contributed by atoms with E-state index in [0.717, 1.165) is 36.9 Å². The molecule has 31 heavy (non-hydrogen) atoms. The highest BCUT2D eigenvalue weighted by Crippen LogP contribution is 2.43. The van der Waals surface area contributed by atoms with Gasteiger partial charge in [-0.25, -0.2) is 0 Å². The molecule has 1 saturated heterocycles. The van der Waals surface area contributed by atoms with Crippen molar-refractivity contribution in [3.63, 3.8) is 0 Å². The number of piperidine rings is 1. The molecule has 2 saturated carbocycles. The van der Waals surface area contributed by atoms with Gasteiger partial charge < -0.3 is 16.0 Å². The van der Waals surface area contributed by atoms with E-state index in [0.29, 0.717) is 42.4 Å². The van der Waals surface area contributed by atoms with Crippen LogP contribution >= 0.6 is 12.4 Å². The van der Waals surface area contributed by atoms with Gasteiger partial charge >= 0.3 is 0 Å². The van der Waals surface area contributed by atoms with E-state index in [-0.39, 0.29) is 36.5 Å². The third kappa shape index (κ3) is 4.30. The Bertz CT molecular complexity index is 880. The van der Waals surface area contributed by atoms with E-state index in [1.165, 1.54) is 12.8 Å². The second kappa shape index (κ2) is 8.79. The average Bonchev–Trinajstić information content (AvgIpc) is 3.51. The van der Waals surface area contributed by atoms with Crippen molar-refractivity contribution in [2.75, 3.05) is 5.32 Å². The van der Waals surface area contributed by atoms with Gasteiger partial charge in [0.05, 0.1) is 0 Å². The first-order valence-electron chi connectivity index (χ1n) is 11.3. The van der Waals surface area contributed by atoms with Crippen LogP contribution in [0.15, 0.2) is 18.2 Å². The highest BCUT2D eigenvalue weighted by molar-refractivity contribution is 6.06. The Morgan fingerprint density at radius 1 is 1.00 bits per heavy atom. The zero-order valence-corrected chi connectivity index (χ0v) is 18.5. The summed E-state index contributed by atoms with van der Waals surface area (Å²) in [6.07, 6.45) is 7.67. The number of imide groups is 1. The molecule has 0 bridgehead atoms. The van der Waals surface area contributed by atoms with Crippen LogP contribution in [0, 0.1) is 11.8 Å². The molecule has 1 aromatic carbocycles. The summed E-state index contributed by atoms with van der Waals surface area (Å²) < 4.78 is 0. The quantitative estimate of drug-likeness (QED) is 0.603. The molecular formula is C23H31ClN4O3. The van der Waals surface area contributed by atoms with Crippen LogP contribution in [0.1, 0.15) is 67.3 Å². The number of nitrogens with zero attached hydrogens (tertiary/aromatic N) is 1. The summed E-state index contributed by atoms with van der Waals surface area (Å²) in [5.74, 6) is 0.577. The molecule has 8 heteroatoms. The summed E-state index contributed by atoms with van der Waals surface area (Å²) in [6, 6.07) is 6.01. The number of carbonyl (C=O) groups is 3. The minimum absolute atomic E-state index is 0. The minimum atomic E-state index is -0.575. The number of hydrogen-bond donors (Lipinski definition) is 3. The maximum Gasteiger partial charge on any atom is 0.255 e. The molecule has 0 unspecified atom stereocenters. The van der Waals surface area contributed by atoms with Gasteiger partial charge in [-0.1, -0.05) is 6.07 Å². The minimum Gasteiger partial charge on any atom is -0.381 e. The lowest BCUT2D eigenvalue weighted by atomic mass is 9.80. The summed E-state index contributed by atoms with van der Waals surface area (Å²) in [7, 11) is 0. The van der Waals surface area contributed by atoms with Crippen LogP contribution in [0.5, 0.6) is 0 Å². The van der Waals surface area contributed by atoms with E-state index in [1.54, 1.807) is 4.90 Å². The maximum absolute atomic E-state index is 13.1. The molecule has 168 valence electrons. The predicted molar refractivity (Wildman–Crippen MR) is 120 cm³/mol. The molecule has 2 aliphatic carbocycles. The molecule has 4 N–H and O–H groups in total. The molecule has 0 aromatic heterocycles. The van der Waals surface area contributed by atoms with Crippen molar-refractivity contribution >= 4 is 35.8 Å². The lowest BCUT2D eigenvalue weighted by Gasteiger charge is -2.34. The van der Waals surface area contributed by atoms with Gasteiger partial charge in [-0.05, 0) is 68.9 Å². The van der Waals surface area contributed by atoms with Crippen molar-refractivity contribution in [1.82, 2.24) is 10.2 Å². The Morgan fingerprint density at radius 2 is 1.68 bits per heavy atom. The Kier molecular flexibility index (Phi) is 6.26. The average molecular weight is 447 g/mol. The molecule has 1 aromatic rings. The molecule has 0 spiro atoms. The van der Waals surface area contributed by atoms with Crippen LogP contribution in [0.2, 0.25) is 0 Å². The van der Waals surface area contributed by atoms with Gasteiger partial charge in [0.2, 0.25) is 11.8 Å². The van der Waals surface area contributed by atoms with E-state index in [9.17, 15) is 14.4 Å². The van der Waals surface area contributed by atoms with E-state index >= 15 is 0 Å². The molecule has 0 radical (unpaired) electrons. The van der Waals surface area contributed by atoms with E-state index in [4.69, 9.17) is 5.73 Å². The summed E-state index contributed by atoms with van der Waals surface area (Å²) in [4.78, 5) is 38.5. The van der Waals surface area contributed by atoms with E-state index in [2.05, 4.69) is 16.7 Å². The normalized spacial score (nSPS) is 29.1. The number of fused-ring (bicyclic) bond motifs is 1. The van der Waals surface area contributed by atoms with Crippen LogP contribution in [0.4, 0.5) is 5.69 Å². The number of amides is 3. The van der Waals surface area contributed by atoms with Crippen LogP contribution in [-0.4, -0.2) is 40.7 Å². The zero-order chi connectivity index (χ0) is 20.8. The van der Waals surface area contributed by atoms with E-state index < -0.39 is 6.04 Å². The molecule has 7 nitrogen and oxygen atoms in total. The van der Waals surface area contributed by atoms with E-state index in [1.807, 2.05) is 12.1 Å². The molecule has 4 aliphatic rings. The summed E-state index contributed by atoms with van der Waals surface area (Å²) in [6.45, 7) is 0.413. The van der Waals surface area contributed by atoms with Gasteiger partial charge in [0.25, 0.3) is 5.91 Å². The number of carbonyl (C=O) groups excluding carboxylic acids is 3. The fourth-order valence-electron chi connectivity index (χ4n) is 5.48. The van der Waals surface area contributed by atoms with Crippen LogP contribution < -0.4 is 16.4 Å². The van der Waals surface area contributed by atoms with Crippen molar-refractivity contribution in [1.29, 1.82) is 0 Å². The Labute approximate surface area is 188 Å². The molecular weight excluding hydrogens is 416 g/mol. The summed E-state index contributed by atoms with van der Waals surface area (Å²) >= 11 is 0. The van der Waals surface area contributed by atoms with Crippen molar-refractivity contribution in [2.24, 2.45) is 17.6 Å². The van der Waals surface area contributed by atoms with Gasteiger partial charge in [0.15, 0.2) is 0 Å².